The zero-order valence-electron chi connectivity index (χ0n) is 7.80. The van der Waals surface area contributed by atoms with E-state index in [1.165, 1.54) is 0 Å². The summed E-state index contributed by atoms with van der Waals surface area (Å²) in [5.74, 6) is 0. The van der Waals surface area contributed by atoms with Crippen LogP contribution in [0.5, 0.6) is 0 Å². The number of nitrogens with two attached hydrogens (primary N) is 1. The average molecular weight is 332 g/mol. The van der Waals surface area contributed by atoms with Gasteiger partial charge < -0.3 is 0 Å². The lowest BCUT2D eigenvalue weighted by atomic mass is 10.3. The Bertz CT molecular complexity index is 577. The van der Waals surface area contributed by atoms with Gasteiger partial charge in [0, 0.05) is 6.20 Å². The lowest BCUT2D eigenvalue weighted by molar-refractivity contribution is -0.389. The van der Waals surface area contributed by atoms with Crippen molar-refractivity contribution in [2.45, 2.75) is 11.5 Å². The first-order valence-corrected chi connectivity index (χ1v) is 6.14. The maximum atomic E-state index is 12.4. The molecule has 17 heavy (non-hydrogen) atoms. The molecule has 0 aliphatic heterocycles. The van der Waals surface area contributed by atoms with Crippen LogP contribution in [0.4, 0.5) is 14.5 Å². The Kier molecular flexibility index (Phi) is 3.74. The van der Waals surface area contributed by atoms with E-state index in [0.29, 0.717) is 6.20 Å². The molecule has 11 heteroatoms. The van der Waals surface area contributed by atoms with Crippen LogP contribution < -0.4 is 5.14 Å². The maximum Gasteiger partial charge on any atom is 0.322 e. The molecule has 1 rings (SSSR count). The van der Waals surface area contributed by atoms with Crippen LogP contribution in [0.15, 0.2) is 15.7 Å². The van der Waals surface area contributed by atoms with E-state index in [4.69, 9.17) is 0 Å². The summed E-state index contributed by atoms with van der Waals surface area (Å²) in [6.45, 7) is 0. The van der Waals surface area contributed by atoms with E-state index < -0.39 is 42.1 Å². The van der Waals surface area contributed by atoms with Gasteiger partial charge in [-0.2, -0.15) is 0 Å². The highest BCUT2D eigenvalue weighted by Crippen LogP contribution is 2.36. The van der Waals surface area contributed by atoms with Gasteiger partial charge in [0.05, 0.1) is 10.5 Å². The van der Waals surface area contributed by atoms with Crippen molar-refractivity contribution in [3.63, 3.8) is 0 Å². The molecule has 7 nitrogen and oxygen atoms in total. The molecule has 1 aromatic rings. The lowest BCUT2D eigenvalue weighted by Gasteiger charge is -2.06. The van der Waals surface area contributed by atoms with Crippen LogP contribution in [-0.2, 0) is 10.0 Å². The Labute approximate surface area is 102 Å². The van der Waals surface area contributed by atoms with Crippen molar-refractivity contribution in [2.24, 2.45) is 5.14 Å². The van der Waals surface area contributed by atoms with Gasteiger partial charge in [0.1, 0.15) is 4.47 Å². The van der Waals surface area contributed by atoms with Crippen molar-refractivity contribution in [1.29, 1.82) is 0 Å². The molecule has 0 bridgehead atoms. The van der Waals surface area contributed by atoms with Crippen molar-refractivity contribution in [3.05, 3.63) is 26.3 Å². The van der Waals surface area contributed by atoms with Crippen LogP contribution >= 0.6 is 15.9 Å². The number of primary sulfonamides is 1. The van der Waals surface area contributed by atoms with E-state index in [0.717, 1.165) is 0 Å². The third-order valence-corrected chi connectivity index (χ3v) is 3.34. The lowest BCUT2D eigenvalue weighted by Crippen LogP contribution is -2.17. The zero-order valence-corrected chi connectivity index (χ0v) is 10.2. The fraction of sp³-hybridized carbons (Fsp3) is 0.167. The molecule has 0 fully saturated rings. The summed E-state index contributed by atoms with van der Waals surface area (Å²) in [7, 11) is -4.47. The number of alkyl halides is 2. The number of pyridine rings is 1. The van der Waals surface area contributed by atoms with Crippen molar-refractivity contribution in [1.82, 2.24) is 4.98 Å². The molecule has 0 amide bonds. The number of hydrogen-bond donors (Lipinski definition) is 1. The molecule has 0 aliphatic rings. The molecule has 0 spiro atoms. The topological polar surface area (TPSA) is 116 Å². The molecule has 0 aromatic carbocycles. The van der Waals surface area contributed by atoms with E-state index in [1.54, 1.807) is 0 Å². The number of halogens is 3. The van der Waals surface area contributed by atoms with Gasteiger partial charge in [-0.05, 0) is 15.9 Å². The molecule has 0 saturated heterocycles. The smallest absolute Gasteiger partial charge is 0.258 e. The van der Waals surface area contributed by atoms with Crippen LogP contribution in [0.25, 0.3) is 0 Å². The summed E-state index contributed by atoms with van der Waals surface area (Å²) >= 11 is 2.54. The predicted molar refractivity (Wildman–Crippen MR) is 54.9 cm³/mol. The Morgan fingerprint density at radius 2 is 2.06 bits per heavy atom. The highest BCUT2D eigenvalue weighted by Gasteiger charge is 2.31. The van der Waals surface area contributed by atoms with Gasteiger partial charge in [0.2, 0.25) is 5.03 Å². The standard InChI is InChI=1S/C6H4BrF2N3O4S/c7-3-2(5(8)9)1-11-6(17(10,15)16)4(3)12(13)14/h1,5H,(H2,10,15,16). The molecular weight excluding hydrogens is 328 g/mol. The second-order valence-electron chi connectivity index (χ2n) is 2.78. The molecule has 1 heterocycles. The first-order valence-electron chi connectivity index (χ1n) is 3.80. The Morgan fingerprint density at radius 3 is 2.41 bits per heavy atom. The summed E-state index contributed by atoms with van der Waals surface area (Å²) in [6.07, 6.45) is -2.52. The molecule has 94 valence electrons. The summed E-state index contributed by atoms with van der Waals surface area (Å²) < 4.78 is 46.2. The summed E-state index contributed by atoms with van der Waals surface area (Å²) in [6, 6.07) is 0. The summed E-state index contributed by atoms with van der Waals surface area (Å²) in [5, 5.41) is 14.3. The summed E-state index contributed by atoms with van der Waals surface area (Å²) in [4.78, 5) is 12.6. The quantitative estimate of drug-likeness (QED) is 0.662. The molecule has 0 aliphatic carbocycles. The zero-order chi connectivity index (χ0) is 13.4. The largest absolute Gasteiger partial charge is 0.322 e. The molecule has 0 radical (unpaired) electrons. The van der Waals surface area contributed by atoms with Gasteiger partial charge >= 0.3 is 5.69 Å². The minimum absolute atomic E-state index is 0.515. The van der Waals surface area contributed by atoms with Gasteiger partial charge in [0.25, 0.3) is 16.4 Å². The number of aromatic nitrogens is 1. The van der Waals surface area contributed by atoms with Crippen molar-refractivity contribution >= 4 is 31.6 Å². The van der Waals surface area contributed by atoms with Crippen LogP contribution in [0, 0.1) is 10.1 Å². The van der Waals surface area contributed by atoms with E-state index in [9.17, 15) is 27.3 Å². The Morgan fingerprint density at radius 1 is 1.53 bits per heavy atom. The Hall–Kier alpha value is -1.20. The van der Waals surface area contributed by atoms with Crippen LogP contribution in [-0.4, -0.2) is 18.3 Å². The minimum Gasteiger partial charge on any atom is -0.258 e. The Balaban J connectivity index is 3.69. The number of hydrogen-bond acceptors (Lipinski definition) is 5. The van der Waals surface area contributed by atoms with Gasteiger partial charge in [-0.25, -0.2) is 27.3 Å². The second kappa shape index (κ2) is 4.58. The second-order valence-corrected chi connectivity index (χ2v) is 5.05. The normalized spacial score (nSPS) is 11.8. The predicted octanol–water partition coefficient (Wildman–Crippen LogP) is 1.34. The van der Waals surface area contributed by atoms with E-state index in [1.807, 2.05) is 0 Å². The van der Waals surface area contributed by atoms with E-state index in [-0.39, 0.29) is 0 Å². The molecule has 1 aromatic heterocycles. The molecule has 0 unspecified atom stereocenters. The van der Waals surface area contributed by atoms with E-state index in [2.05, 4.69) is 26.1 Å². The fourth-order valence-corrected chi connectivity index (χ4v) is 2.38. The van der Waals surface area contributed by atoms with Crippen LogP contribution in [0.2, 0.25) is 0 Å². The first kappa shape index (κ1) is 13.9. The van der Waals surface area contributed by atoms with Crippen molar-refractivity contribution < 1.29 is 22.1 Å². The molecule has 0 saturated carbocycles. The van der Waals surface area contributed by atoms with E-state index >= 15 is 0 Å². The fourth-order valence-electron chi connectivity index (χ4n) is 0.995. The minimum atomic E-state index is -4.47. The first-order chi connectivity index (χ1) is 7.66. The molecule has 0 atom stereocenters. The SMILES string of the molecule is NS(=O)(=O)c1ncc(C(F)F)c(Br)c1[N+](=O)[O-]. The number of nitrogens with zero attached hydrogens (tertiary/aromatic N) is 2. The third kappa shape index (κ3) is 2.73. The van der Waals surface area contributed by atoms with Crippen LogP contribution in [0.1, 0.15) is 12.0 Å². The third-order valence-electron chi connectivity index (χ3n) is 1.67. The number of rotatable bonds is 3. The summed E-state index contributed by atoms with van der Waals surface area (Å²) in [5.41, 5.74) is -1.89. The average Bonchev–Trinajstić information content (AvgIpc) is 2.14. The van der Waals surface area contributed by atoms with Gasteiger partial charge in [0.15, 0.2) is 0 Å². The van der Waals surface area contributed by atoms with Gasteiger partial charge in [-0.3, -0.25) is 10.1 Å². The highest BCUT2D eigenvalue weighted by molar-refractivity contribution is 9.10. The van der Waals surface area contributed by atoms with Gasteiger partial charge in [-0.15, -0.1) is 0 Å². The molecule has 2 N–H and O–H groups in total. The maximum absolute atomic E-state index is 12.4. The molecular formula is C6H4BrF2N3O4S. The number of sulfonamides is 1. The van der Waals surface area contributed by atoms with Crippen molar-refractivity contribution in [2.75, 3.05) is 0 Å². The van der Waals surface area contributed by atoms with Gasteiger partial charge in [-0.1, -0.05) is 0 Å². The monoisotopic (exact) mass is 331 g/mol. The van der Waals surface area contributed by atoms with Crippen LogP contribution in [0.3, 0.4) is 0 Å². The van der Waals surface area contributed by atoms with Crippen molar-refractivity contribution in [3.8, 4) is 0 Å². The highest BCUT2D eigenvalue weighted by atomic mass is 79.9. The number of nitro groups is 1.